The van der Waals surface area contributed by atoms with Crippen molar-refractivity contribution in [2.75, 3.05) is 5.73 Å². The number of nitrogen functional groups attached to an aromatic ring is 1. The summed E-state index contributed by atoms with van der Waals surface area (Å²) in [6.45, 7) is 4.58. The molecule has 0 fully saturated rings. The lowest BCUT2D eigenvalue weighted by molar-refractivity contribution is -0.0362. The van der Waals surface area contributed by atoms with Crippen LogP contribution < -0.4 is 5.73 Å². The van der Waals surface area contributed by atoms with E-state index in [-0.39, 0.29) is 0 Å². The van der Waals surface area contributed by atoms with Gasteiger partial charge in [0, 0.05) is 5.38 Å². The standard InChI is InChI=1S/C13H16N2OS/c1-13(2,11-9-17-12(14)15-11)16-8-10-6-4-3-5-7-10/h3-7,9H,8H2,1-2H3,(H2,14,15). The minimum absolute atomic E-state index is 0.413. The Morgan fingerprint density at radius 1 is 1.29 bits per heavy atom. The first-order chi connectivity index (χ1) is 8.08. The molecular formula is C13H16N2OS. The third-order valence-corrected chi connectivity index (χ3v) is 3.26. The molecule has 3 nitrogen and oxygen atoms in total. The SMILES string of the molecule is CC(C)(OCc1ccccc1)c1csc(N)n1. The monoisotopic (exact) mass is 248 g/mol. The van der Waals surface area contributed by atoms with Crippen LogP contribution in [0.25, 0.3) is 0 Å². The van der Waals surface area contributed by atoms with Gasteiger partial charge in [-0.05, 0) is 19.4 Å². The quantitative estimate of drug-likeness (QED) is 0.904. The Bertz CT molecular complexity index is 479. The Hall–Kier alpha value is -1.39. The van der Waals surface area contributed by atoms with Gasteiger partial charge in [-0.2, -0.15) is 0 Å². The van der Waals surface area contributed by atoms with Gasteiger partial charge in [0.1, 0.15) is 5.60 Å². The summed E-state index contributed by atoms with van der Waals surface area (Å²) in [6, 6.07) is 10.1. The fraction of sp³-hybridized carbons (Fsp3) is 0.308. The minimum atomic E-state index is -0.413. The molecule has 1 aromatic carbocycles. The third kappa shape index (κ3) is 3.05. The van der Waals surface area contributed by atoms with Crippen molar-refractivity contribution < 1.29 is 4.74 Å². The van der Waals surface area contributed by atoms with Gasteiger partial charge < -0.3 is 10.5 Å². The number of anilines is 1. The number of nitrogens with two attached hydrogens (primary N) is 1. The predicted octanol–water partition coefficient (Wildman–Crippen LogP) is 3.18. The van der Waals surface area contributed by atoms with Gasteiger partial charge >= 0.3 is 0 Å². The van der Waals surface area contributed by atoms with Crippen LogP contribution in [-0.4, -0.2) is 4.98 Å². The molecule has 0 saturated carbocycles. The molecule has 0 amide bonds. The summed E-state index contributed by atoms with van der Waals surface area (Å²) < 4.78 is 5.90. The van der Waals surface area contributed by atoms with Gasteiger partial charge in [0.25, 0.3) is 0 Å². The zero-order valence-electron chi connectivity index (χ0n) is 10.0. The van der Waals surface area contributed by atoms with E-state index < -0.39 is 5.60 Å². The number of aromatic nitrogens is 1. The van der Waals surface area contributed by atoms with E-state index >= 15 is 0 Å². The first-order valence-corrected chi connectivity index (χ1v) is 6.35. The predicted molar refractivity (Wildman–Crippen MR) is 70.8 cm³/mol. The average molecular weight is 248 g/mol. The molecule has 0 atom stereocenters. The highest BCUT2D eigenvalue weighted by Crippen LogP contribution is 2.27. The Balaban J connectivity index is 2.03. The van der Waals surface area contributed by atoms with E-state index in [0.717, 1.165) is 11.3 Å². The number of hydrogen-bond acceptors (Lipinski definition) is 4. The van der Waals surface area contributed by atoms with Crippen LogP contribution >= 0.6 is 11.3 Å². The largest absolute Gasteiger partial charge is 0.375 e. The summed E-state index contributed by atoms with van der Waals surface area (Å²) in [6.07, 6.45) is 0. The maximum absolute atomic E-state index is 5.90. The van der Waals surface area contributed by atoms with E-state index in [1.54, 1.807) is 0 Å². The van der Waals surface area contributed by atoms with Gasteiger partial charge in [-0.15, -0.1) is 11.3 Å². The number of ether oxygens (including phenoxy) is 1. The molecular weight excluding hydrogens is 232 g/mol. The van der Waals surface area contributed by atoms with Gasteiger partial charge in [-0.3, -0.25) is 0 Å². The summed E-state index contributed by atoms with van der Waals surface area (Å²) in [7, 11) is 0. The molecule has 0 aliphatic carbocycles. The van der Waals surface area contributed by atoms with Crippen molar-refractivity contribution >= 4 is 16.5 Å². The van der Waals surface area contributed by atoms with Crippen LogP contribution in [0.2, 0.25) is 0 Å². The molecule has 1 aromatic heterocycles. The van der Waals surface area contributed by atoms with Crippen molar-refractivity contribution in [1.29, 1.82) is 0 Å². The molecule has 0 radical (unpaired) electrons. The molecule has 0 spiro atoms. The number of hydrogen-bond donors (Lipinski definition) is 1. The van der Waals surface area contributed by atoms with Crippen LogP contribution in [0.5, 0.6) is 0 Å². The molecule has 0 aliphatic heterocycles. The lowest BCUT2D eigenvalue weighted by Crippen LogP contribution is -2.22. The molecule has 2 aromatic rings. The fourth-order valence-corrected chi connectivity index (χ4v) is 2.20. The third-order valence-electron chi connectivity index (χ3n) is 2.58. The lowest BCUT2D eigenvalue weighted by Gasteiger charge is -2.23. The zero-order valence-corrected chi connectivity index (χ0v) is 10.8. The molecule has 0 aliphatic rings. The van der Waals surface area contributed by atoms with Crippen LogP contribution in [0, 0.1) is 0 Å². The molecule has 0 bridgehead atoms. The van der Waals surface area contributed by atoms with E-state index in [2.05, 4.69) is 4.98 Å². The van der Waals surface area contributed by atoms with Crippen molar-refractivity contribution in [2.45, 2.75) is 26.1 Å². The molecule has 2 N–H and O–H groups in total. The second kappa shape index (κ2) is 4.85. The normalized spacial score (nSPS) is 11.6. The number of nitrogens with zero attached hydrogens (tertiary/aromatic N) is 1. The van der Waals surface area contributed by atoms with Crippen molar-refractivity contribution in [3.63, 3.8) is 0 Å². The van der Waals surface area contributed by atoms with E-state index in [4.69, 9.17) is 10.5 Å². The first kappa shape index (κ1) is 12.1. The molecule has 0 saturated heterocycles. The van der Waals surface area contributed by atoms with E-state index in [1.165, 1.54) is 11.3 Å². The Kier molecular flexibility index (Phi) is 3.45. The second-order valence-corrected chi connectivity index (χ2v) is 5.25. The maximum Gasteiger partial charge on any atom is 0.180 e. The number of benzene rings is 1. The summed E-state index contributed by atoms with van der Waals surface area (Å²) in [5, 5.41) is 2.52. The summed E-state index contributed by atoms with van der Waals surface area (Å²) in [5.74, 6) is 0. The molecule has 4 heteroatoms. The molecule has 1 heterocycles. The van der Waals surface area contributed by atoms with Crippen LogP contribution in [0.15, 0.2) is 35.7 Å². The van der Waals surface area contributed by atoms with Crippen LogP contribution in [0.3, 0.4) is 0 Å². The first-order valence-electron chi connectivity index (χ1n) is 5.47. The minimum Gasteiger partial charge on any atom is -0.375 e. The average Bonchev–Trinajstić information content (AvgIpc) is 2.76. The van der Waals surface area contributed by atoms with E-state index in [0.29, 0.717) is 11.7 Å². The van der Waals surface area contributed by atoms with Crippen molar-refractivity contribution in [3.8, 4) is 0 Å². The van der Waals surface area contributed by atoms with Gasteiger partial charge in [0.15, 0.2) is 5.13 Å². The highest BCUT2D eigenvalue weighted by Gasteiger charge is 2.24. The highest BCUT2D eigenvalue weighted by molar-refractivity contribution is 7.13. The zero-order chi connectivity index (χ0) is 12.3. The second-order valence-electron chi connectivity index (χ2n) is 4.36. The van der Waals surface area contributed by atoms with Crippen LogP contribution in [-0.2, 0) is 16.9 Å². The molecule has 0 unspecified atom stereocenters. The highest BCUT2D eigenvalue weighted by atomic mass is 32.1. The van der Waals surface area contributed by atoms with Crippen molar-refractivity contribution in [2.24, 2.45) is 0 Å². The van der Waals surface area contributed by atoms with Gasteiger partial charge in [0.05, 0.1) is 12.3 Å². The Labute approximate surface area is 105 Å². The smallest absolute Gasteiger partial charge is 0.180 e. The van der Waals surface area contributed by atoms with Gasteiger partial charge in [-0.25, -0.2) is 4.98 Å². The van der Waals surface area contributed by atoms with Crippen LogP contribution in [0.1, 0.15) is 25.1 Å². The maximum atomic E-state index is 5.90. The number of thiazole rings is 1. The van der Waals surface area contributed by atoms with E-state index in [1.807, 2.05) is 49.6 Å². The fourth-order valence-electron chi connectivity index (χ4n) is 1.48. The summed E-state index contributed by atoms with van der Waals surface area (Å²) >= 11 is 1.44. The van der Waals surface area contributed by atoms with Gasteiger partial charge in [-0.1, -0.05) is 30.3 Å². The number of rotatable bonds is 4. The summed E-state index contributed by atoms with van der Waals surface area (Å²) in [4.78, 5) is 4.27. The molecule has 90 valence electrons. The van der Waals surface area contributed by atoms with Crippen LogP contribution in [0.4, 0.5) is 5.13 Å². The lowest BCUT2D eigenvalue weighted by atomic mass is 10.1. The van der Waals surface area contributed by atoms with E-state index in [9.17, 15) is 0 Å². The summed E-state index contributed by atoms with van der Waals surface area (Å²) in [5.41, 5.74) is 7.26. The Morgan fingerprint density at radius 2 is 2.00 bits per heavy atom. The van der Waals surface area contributed by atoms with Crippen molar-refractivity contribution in [3.05, 3.63) is 47.0 Å². The van der Waals surface area contributed by atoms with Crippen molar-refractivity contribution in [1.82, 2.24) is 4.98 Å². The Morgan fingerprint density at radius 3 is 2.59 bits per heavy atom. The molecule has 2 rings (SSSR count). The molecule has 17 heavy (non-hydrogen) atoms. The topological polar surface area (TPSA) is 48.1 Å². The van der Waals surface area contributed by atoms with Gasteiger partial charge in [0.2, 0.25) is 0 Å².